The Bertz CT molecular complexity index is 800. The fraction of sp³-hybridized carbons (Fsp3) is 0.158. The Balaban J connectivity index is 1.82. The molecule has 0 saturated carbocycles. The third-order valence-electron chi connectivity index (χ3n) is 3.47. The van der Waals surface area contributed by atoms with Gasteiger partial charge >= 0.3 is 0 Å². The predicted octanol–water partition coefficient (Wildman–Crippen LogP) is 5.09. The lowest BCUT2D eigenvalue weighted by Crippen LogP contribution is -2.34. The fourth-order valence-corrected chi connectivity index (χ4v) is 3.89. The number of rotatable bonds is 4. The van der Waals surface area contributed by atoms with Crippen LogP contribution in [-0.4, -0.2) is 21.2 Å². The molecule has 24 heavy (non-hydrogen) atoms. The van der Waals surface area contributed by atoms with E-state index < -0.39 is 0 Å². The molecule has 122 valence electrons. The minimum atomic E-state index is -0.0330. The van der Waals surface area contributed by atoms with Crippen LogP contribution < -0.4 is 4.74 Å². The van der Waals surface area contributed by atoms with Crippen molar-refractivity contribution in [2.75, 3.05) is 0 Å². The molecule has 0 spiro atoms. The van der Waals surface area contributed by atoms with E-state index in [1.807, 2.05) is 74.5 Å². The summed E-state index contributed by atoms with van der Waals surface area (Å²) in [7, 11) is 0. The van der Waals surface area contributed by atoms with Crippen LogP contribution in [0.1, 0.15) is 19.4 Å². The summed E-state index contributed by atoms with van der Waals surface area (Å²) < 4.78 is 6.44. The molecule has 1 heterocycles. The lowest BCUT2D eigenvalue weighted by molar-refractivity contribution is -0.123. The molecule has 5 heteroatoms. The normalized spacial score (nSPS) is 16.3. The number of amides is 1. The maximum Gasteiger partial charge on any atom is 0.266 e. The lowest BCUT2D eigenvalue weighted by Gasteiger charge is -2.18. The van der Waals surface area contributed by atoms with Gasteiger partial charge in [0.05, 0.1) is 4.91 Å². The van der Waals surface area contributed by atoms with Gasteiger partial charge < -0.3 is 4.74 Å². The summed E-state index contributed by atoms with van der Waals surface area (Å²) in [4.78, 5) is 14.7. The molecular weight excluding hydrogens is 338 g/mol. The van der Waals surface area contributed by atoms with E-state index in [1.165, 1.54) is 11.8 Å². The zero-order valence-corrected chi connectivity index (χ0v) is 15.1. The molecule has 0 aromatic heterocycles. The number of para-hydroxylation sites is 1. The number of benzene rings is 2. The average Bonchev–Trinajstić information content (AvgIpc) is 2.82. The molecule has 1 aliphatic rings. The van der Waals surface area contributed by atoms with E-state index in [2.05, 4.69) is 0 Å². The predicted molar refractivity (Wildman–Crippen MR) is 103 cm³/mol. The number of thioether (sulfide) groups is 1. The van der Waals surface area contributed by atoms with Crippen LogP contribution in [0.3, 0.4) is 0 Å². The second kappa shape index (κ2) is 7.20. The van der Waals surface area contributed by atoms with Crippen LogP contribution >= 0.6 is 24.0 Å². The number of thiocarbonyl (C=S) groups is 1. The Morgan fingerprint density at radius 2 is 1.79 bits per heavy atom. The van der Waals surface area contributed by atoms with Crippen LogP contribution in [0, 0.1) is 0 Å². The van der Waals surface area contributed by atoms with Crippen LogP contribution in [0.2, 0.25) is 0 Å². The quantitative estimate of drug-likeness (QED) is 0.564. The molecule has 0 bridgehead atoms. The summed E-state index contributed by atoms with van der Waals surface area (Å²) in [5.74, 6) is 1.48. The first-order valence-electron chi connectivity index (χ1n) is 7.64. The molecular formula is C19H17NO2S2. The second-order valence-electron chi connectivity index (χ2n) is 5.63. The number of carbonyl (C=O) groups excluding carboxylic acids is 1. The van der Waals surface area contributed by atoms with Gasteiger partial charge in [-0.2, -0.15) is 0 Å². The van der Waals surface area contributed by atoms with E-state index in [4.69, 9.17) is 17.0 Å². The summed E-state index contributed by atoms with van der Waals surface area (Å²) in [5, 5.41) is 0. The van der Waals surface area contributed by atoms with Crippen molar-refractivity contribution in [2.45, 2.75) is 19.9 Å². The van der Waals surface area contributed by atoms with Crippen molar-refractivity contribution >= 4 is 40.3 Å². The summed E-state index contributed by atoms with van der Waals surface area (Å²) in [5.41, 5.74) is 0.910. The zero-order chi connectivity index (χ0) is 17.1. The van der Waals surface area contributed by atoms with E-state index in [0.717, 1.165) is 17.1 Å². The van der Waals surface area contributed by atoms with Crippen LogP contribution in [0.25, 0.3) is 6.08 Å². The molecule has 1 saturated heterocycles. The van der Waals surface area contributed by atoms with Crippen molar-refractivity contribution in [3.63, 3.8) is 0 Å². The Morgan fingerprint density at radius 3 is 2.46 bits per heavy atom. The van der Waals surface area contributed by atoms with Crippen molar-refractivity contribution in [3.8, 4) is 11.5 Å². The highest BCUT2D eigenvalue weighted by Crippen LogP contribution is 2.34. The molecule has 1 fully saturated rings. The molecule has 0 aliphatic carbocycles. The van der Waals surface area contributed by atoms with Crippen molar-refractivity contribution < 1.29 is 9.53 Å². The minimum absolute atomic E-state index is 0.0330. The monoisotopic (exact) mass is 355 g/mol. The minimum Gasteiger partial charge on any atom is -0.457 e. The average molecular weight is 355 g/mol. The highest BCUT2D eigenvalue weighted by molar-refractivity contribution is 8.26. The molecule has 3 rings (SSSR count). The number of hydrogen-bond donors (Lipinski definition) is 0. The van der Waals surface area contributed by atoms with Crippen molar-refractivity contribution in [1.82, 2.24) is 4.90 Å². The number of hydrogen-bond acceptors (Lipinski definition) is 4. The largest absolute Gasteiger partial charge is 0.457 e. The Hall–Kier alpha value is -2.11. The van der Waals surface area contributed by atoms with Gasteiger partial charge in [0.1, 0.15) is 15.8 Å². The Kier molecular flexibility index (Phi) is 5.02. The highest BCUT2D eigenvalue weighted by atomic mass is 32.2. The fourth-order valence-electron chi connectivity index (χ4n) is 2.37. The van der Waals surface area contributed by atoms with Crippen molar-refractivity contribution in [2.24, 2.45) is 0 Å². The molecule has 1 aliphatic heterocycles. The smallest absolute Gasteiger partial charge is 0.266 e. The maximum atomic E-state index is 12.5. The van der Waals surface area contributed by atoms with E-state index in [-0.39, 0.29) is 11.9 Å². The Labute approximate surface area is 151 Å². The topological polar surface area (TPSA) is 29.5 Å². The summed E-state index contributed by atoms with van der Waals surface area (Å²) in [6, 6.07) is 17.3. The van der Waals surface area contributed by atoms with E-state index in [1.54, 1.807) is 4.90 Å². The number of nitrogens with zero attached hydrogens (tertiary/aromatic N) is 1. The van der Waals surface area contributed by atoms with Crippen LogP contribution in [-0.2, 0) is 4.79 Å². The number of ether oxygens (including phenoxy) is 1. The van der Waals surface area contributed by atoms with E-state index >= 15 is 0 Å². The third-order valence-corrected chi connectivity index (χ3v) is 4.81. The van der Waals surface area contributed by atoms with Crippen LogP contribution in [0.5, 0.6) is 11.5 Å². The second-order valence-corrected chi connectivity index (χ2v) is 7.31. The first-order valence-corrected chi connectivity index (χ1v) is 8.87. The van der Waals surface area contributed by atoms with Gasteiger partial charge in [-0.3, -0.25) is 9.69 Å². The molecule has 1 amide bonds. The van der Waals surface area contributed by atoms with Gasteiger partial charge in [0.25, 0.3) is 5.91 Å². The van der Waals surface area contributed by atoms with Gasteiger partial charge in [0, 0.05) is 6.04 Å². The van der Waals surface area contributed by atoms with E-state index in [0.29, 0.717) is 9.23 Å². The summed E-state index contributed by atoms with van der Waals surface area (Å²) in [6.07, 6.45) is 1.86. The van der Waals surface area contributed by atoms with E-state index in [9.17, 15) is 4.79 Å². The van der Waals surface area contributed by atoms with Gasteiger partial charge in [-0.05, 0) is 49.8 Å². The molecule has 0 radical (unpaired) electrons. The highest BCUT2D eigenvalue weighted by Gasteiger charge is 2.33. The maximum absolute atomic E-state index is 12.5. The summed E-state index contributed by atoms with van der Waals surface area (Å²) in [6.45, 7) is 3.92. The standard InChI is InChI=1S/C19H17NO2S2/c1-13(2)20-18(21)17(24-19(20)23)12-14-7-6-10-16(11-14)22-15-8-4-3-5-9-15/h3-13H,1-2H3/b17-12-. The van der Waals surface area contributed by atoms with Gasteiger partial charge in [0.15, 0.2) is 0 Å². The SMILES string of the molecule is CC(C)N1C(=O)/C(=C/c2cccc(Oc3ccccc3)c2)SC1=S. The van der Waals surface area contributed by atoms with Crippen LogP contribution in [0.4, 0.5) is 0 Å². The van der Waals surface area contributed by atoms with Crippen molar-refractivity contribution in [3.05, 3.63) is 65.1 Å². The third kappa shape index (κ3) is 3.68. The first-order chi connectivity index (χ1) is 11.5. The molecule has 2 aromatic rings. The number of carbonyl (C=O) groups is 1. The molecule has 0 unspecified atom stereocenters. The first kappa shape index (κ1) is 16.7. The lowest BCUT2D eigenvalue weighted by atomic mass is 10.2. The Morgan fingerprint density at radius 1 is 1.08 bits per heavy atom. The van der Waals surface area contributed by atoms with Gasteiger partial charge in [-0.15, -0.1) is 0 Å². The van der Waals surface area contributed by atoms with Gasteiger partial charge in [0.2, 0.25) is 0 Å². The van der Waals surface area contributed by atoms with Crippen LogP contribution in [0.15, 0.2) is 59.5 Å². The molecule has 2 aromatic carbocycles. The summed E-state index contributed by atoms with van der Waals surface area (Å²) >= 11 is 6.65. The van der Waals surface area contributed by atoms with Gasteiger partial charge in [-0.1, -0.05) is 54.3 Å². The molecule has 3 nitrogen and oxygen atoms in total. The zero-order valence-electron chi connectivity index (χ0n) is 13.4. The van der Waals surface area contributed by atoms with Crippen molar-refractivity contribution in [1.29, 1.82) is 0 Å². The van der Waals surface area contributed by atoms with Gasteiger partial charge in [-0.25, -0.2) is 0 Å². The molecule has 0 atom stereocenters. The molecule has 0 N–H and O–H groups in total.